The van der Waals surface area contributed by atoms with Gasteiger partial charge in [-0.05, 0) is 37.6 Å². The molecule has 1 aromatic heterocycles. The molecule has 0 spiro atoms. The van der Waals surface area contributed by atoms with E-state index < -0.39 is 0 Å². The van der Waals surface area contributed by atoms with Crippen molar-refractivity contribution in [2.24, 2.45) is 0 Å². The van der Waals surface area contributed by atoms with Gasteiger partial charge < -0.3 is 10.1 Å². The standard InChI is InChI=1S/C17H24N2OS/c1-4-14-6-8-15(9-7-14)20-11-10-17-19-13(3)16(21-17)12-18-5-2/h6-9,18H,4-5,10-12H2,1-3H3. The topological polar surface area (TPSA) is 34.1 Å². The fraction of sp³-hybridized carbons (Fsp3) is 0.471. The van der Waals surface area contributed by atoms with Gasteiger partial charge in [0.2, 0.25) is 0 Å². The lowest BCUT2D eigenvalue weighted by atomic mass is 10.2. The highest BCUT2D eigenvalue weighted by Gasteiger charge is 2.07. The van der Waals surface area contributed by atoms with E-state index in [0.29, 0.717) is 6.61 Å². The van der Waals surface area contributed by atoms with E-state index in [1.807, 2.05) is 12.1 Å². The van der Waals surface area contributed by atoms with Gasteiger partial charge in [-0.25, -0.2) is 4.98 Å². The lowest BCUT2D eigenvalue weighted by Gasteiger charge is -2.05. The summed E-state index contributed by atoms with van der Waals surface area (Å²) in [5.41, 5.74) is 2.48. The maximum atomic E-state index is 5.79. The van der Waals surface area contributed by atoms with Crippen molar-refractivity contribution in [3.05, 3.63) is 45.4 Å². The molecular weight excluding hydrogens is 280 g/mol. The van der Waals surface area contributed by atoms with Crippen molar-refractivity contribution in [3.8, 4) is 5.75 Å². The van der Waals surface area contributed by atoms with Crippen LogP contribution in [0.1, 0.15) is 35.0 Å². The Morgan fingerprint density at radius 1 is 1.19 bits per heavy atom. The van der Waals surface area contributed by atoms with Gasteiger partial charge in [-0.3, -0.25) is 0 Å². The summed E-state index contributed by atoms with van der Waals surface area (Å²) in [6.07, 6.45) is 1.93. The van der Waals surface area contributed by atoms with Crippen LogP contribution in [-0.2, 0) is 19.4 Å². The van der Waals surface area contributed by atoms with E-state index in [-0.39, 0.29) is 0 Å². The van der Waals surface area contributed by atoms with Gasteiger partial charge in [0.05, 0.1) is 17.3 Å². The summed E-state index contributed by atoms with van der Waals surface area (Å²) in [5, 5.41) is 4.51. The average molecular weight is 304 g/mol. The van der Waals surface area contributed by atoms with Crippen LogP contribution in [0.3, 0.4) is 0 Å². The molecule has 0 amide bonds. The Labute approximate surface area is 131 Å². The zero-order valence-electron chi connectivity index (χ0n) is 13.1. The smallest absolute Gasteiger partial charge is 0.119 e. The Bertz CT molecular complexity index is 548. The number of nitrogens with zero attached hydrogens (tertiary/aromatic N) is 1. The van der Waals surface area contributed by atoms with Crippen LogP contribution in [0.15, 0.2) is 24.3 Å². The molecule has 0 atom stereocenters. The summed E-state index contributed by atoms with van der Waals surface area (Å²) in [6.45, 7) is 8.94. The van der Waals surface area contributed by atoms with Crippen LogP contribution in [0.2, 0.25) is 0 Å². The van der Waals surface area contributed by atoms with E-state index in [1.165, 1.54) is 10.4 Å². The van der Waals surface area contributed by atoms with Crippen LogP contribution < -0.4 is 10.1 Å². The first-order chi connectivity index (χ1) is 10.2. The van der Waals surface area contributed by atoms with Gasteiger partial charge in [-0.2, -0.15) is 0 Å². The highest BCUT2D eigenvalue weighted by molar-refractivity contribution is 7.11. The zero-order chi connectivity index (χ0) is 15.1. The molecular formula is C17H24N2OS. The van der Waals surface area contributed by atoms with Gasteiger partial charge in [0.1, 0.15) is 5.75 Å². The number of aromatic nitrogens is 1. The molecule has 0 radical (unpaired) electrons. The summed E-state index contributed by atoms with van der Waals surface area (Å²) >= 11 is 1.79. The monoisotopic (exact) mass is 304 g/mol. The summed E-state index contributed by atoms with van der Waals surface area (Å²) < 4.78 is 5.79. The first-order valence-electron chi connectivity index (χ1n) is 7.60. The van der Waals surface area contributed by atoms with Crippen molar-refractivity contribution in [1.29, 1.82) is 0 Å². The van der Waals surface area contributed by atoms with Crippen LogP contribution in [0.5, 0.6) is 5.75 Å². The molecule has 0 aliphatic rings. The van der Waals surface area contributed by atoms with E-state index >= 15 is 0 Å². The van der Waals surface area contributed by atoms with Crippen molar-refractivity contribution in [2.45, 2.75) is 40.2 Å². The molecule has 0 saturated heterocycles. The molecule has 0 saturated carbocycles. The fourth-order valence-corrected chi connectivity index (χ4v) is 3.10. The second kappa shape index (κ2) is 8.15. The van der Waals surface area contributed by atoms with Crippen LogP contribution in [0, 0.1) is 6.92 Å². The third-order valence-corrected chi connectivity index (χ3v) is 4.61. The van der Waals surface area contributed by atoms with Gasteiger partial charge in [-0.15, -0.1) is 11.3 Å². The molecule has 0 aliphatic carbocycles. The van der Waals surface area contributed by atoms with E-state index in [0.717, 1.165) is 42.4 Å². The first-order valence-corrected chi connectivity index (χ1v) is 8.42. The van der Waals surface area contributed by atoms with E-state index in [9.17, 15) is 0 Å². The molecule has 1 heterocycles. The van der Waals surface area contributed by atoms with Crippen LogP contribution in [-0.4, -0.2) is 18.1 Å². The lowest BCUT2D eigenvalue weighted by molar-refractivity contribution is 0.321. The number of hydrogen-bond acceptors (Lipinski definition) is 4. The third kappa shape index (κ3) is 4.83. The van der Waals surface area contributed by atoms with Gasteiger partial charge >= 0.3 is 0 Å². The Morgan fingerprint density at radius 3 is 2.62 bits per heavy atom. The normalized spacial score (nSPS) is 10.8. The van der Waals surface area contributed by atoms with Crippen molar-refractivity contribution in [1.82, 2.24) is 10.3 Å². The fourth-order valence-electron chi connectivity index (χ4n) is 2.08. The van der Waals surface area contributed by atoms with Gasteiger partial charge in [-0.1, -0.05) is 26.0 Å². The van der Waals surface area contributed by atoms with Gasteiger partial charge in [0, 0.05) is 17.8 Å². The Balaban J connectivity index is 1.82. The Hall–Kier alpha value is -1.39. The molecule has 4 heteroatoms. The lowest BCUT2D eigenvalue weighted by Crippen LogP contribution is -2.11. The van der Waals surface area contributed by atoms with Crippen molar-refractivity contribution >= 4 is 11.3 Å². The quantitative estimate of drug-likeness (QED) is 0.806. The summed E-state index contributed by atoms with van der Waals surface area (Å²) in [7, 11) is 0. The molecule has 21 heavy (non-hydrogen) atoms. The number of ether oxygens (including phenoxy) is 1. The largest absolute Gasteiger partial charge is 0.493 e. The molecule has 0 unspecified atom stereocenters. The molecule has 0 aliphatic heterocycles. The number of aryl methyl sites for hydroxylation is 2. The molecule has 1 N–H and O–H groups in total. The molecule has 2 rings (SSSR count). The number of benzene rings is 1. The summed E-state index contributed by atoms with van der Waals surface area (Å²) in [4.78, 5) is 5.95. The van der Waals surface area contributed by atoms with E-state index in [4.69, 9.17) is 4.74 Å². The van der Waals surface area contributed by atoms with E-state index in [2.05, 4.69) is 43.2 Å². The molecule has 2 aromatic rings. The summed E-state index contributed by atoms with van der Waals surface area (Å²) in [5.74, 6) is 0.938. The minimum Gasteiger partial charge on any atom is -0.493 e. The SMILES string of the molecule is CCNCc1sc(CCOc2ccc(CC)cc2)nc1C. The molecule has 114 valence electrons. The molecule has 3 nitrogen and oxygen atoms in total. The van der Waals surface area contributed by atoms with Crippen molar-refractivity contribution in [2.75, 3.05) is 13.2 Å². The van der Waals surface area contributed by atoms with Crippen LogP contribution >= 0.6 is 11.3 Å². The predicted molar refractivity (Wildman–Crippen MR) is 89.3 cm³/mol. The summed E-state index contributed by atoms with van der Waals surface area (Å²) in [6, 6.07) is 8.33. The minimum absolute atomic E-state index is 0.680. The van der Waals surface area contributed by atoms with E-state index in [1.54, 1.807) is 11.3 Å². The Morgan fingerprint density at radius 2 is 1.95 bits per heavy atom. The molecule has 1 aromatic carbocycles. The average Bonchev–Trinajstić information content (AvgIpc) is 2.86. The third-order valence-electron chi connectivity index (χ3n) is 3.39. The Kier molecular flexibility index (Phi) is 6.21. The van der Waals surface area contributed by atoms with Gasteiger partial charge in [0.25, 0.3) is 0 Å². The molecule has 0 bridgehead atoms. The number of thiazole rings is 1. The van der Waals surface area contributed by atoms with Crippen molar-refractivity contribution < 1.29 is 4.74 Å². The second-order valence-corrected chi connectivity index (χ2v) is 6.16. The minimum atomic E-state index is 0.680. The maximum absolute atomic E-state index is 5.79. The van der Waals surface area contributed by atoms with Crippen LogP contribution in [0.4, 0.5) is 0 Å². The molecule has 0 fully saturated rings. The number of hydrogen-bond donors (Lipinski definition) is 1. The number of nitrogens with one attached hydrogen (secondary N) is 1. The van der Waals surface area contributed by atoms with Gasteiger partial charge in [0.15, 0.2) is 0 Å². The second-order valence-electron chi connectivity index (χ2n) is 4.99. The maximum Gasteiger partial charge on any atom is 0.119 e. The van der Waals surface area contributed by atoms with Crippen LogP contribution in [0.25, 0.3) is 0 Å². The predicted octanol–water partition coefficient (Wildman–Crippen LogP) is 3.74. The highest BCUT2D eigenvalue weighted by atomic mass is 32.1. The van der Waals surface area contributed by atoms with Crippen molar-refractivity contribution in [3.63, 3.8) is 0 Å². The zero-order valence-corrected chi connectivity index (χ0v) is 13.9. The first kappa shape index (κ1) is 16.0. The number of rotatable bonds is 8. The highest BCUT2D eigenvalue weighted by Crippen LogP contribution is 2.19.